The van der Waals surface area contributed by atoms with Gasteiger partial charge >= 0.3 is 0 Å². The molecule has 0 saturated carbocycles. The van der Waals surface area contributed by atoms with E-state index in [0.717, 1.165) is 21.2 Å². The Morgan fingerprint density at radius 2 is 1.90 bits per heavy atom. The van der Waals surface area contributed by atoms with E-state index in [9.17, 15) is 0 Å². The Kier molecular flexibility index (Phi) is 2.39. The highest BCUT2D eigenvalue weighted by atomic mass is 79.9. The zero-order valence-electron chi connectivity index (χ0n) is 9.95. The number of hydrogen-bond acceptors (Lipinski definition) is 5. The van der Waals surface area contributed by atoms with Gasteiger partial charge in [-0.1, -0.05) is 33.3 Å². The lowest BCUT2D eigenvalue weighted by molar-refractivity contribution is 0.826. The van der Waals surface area contributed by atoms with Gasteiger partial charge in [0, 0.05) is 16.2 Å². The number of rotatable bonds is 2. The molecule has 0 spiro atoms. The van der Waals surface area contributed by atoms with Crippen molar-refractivity contribution in [3.63, 3.8) is 0 Å². The van der Waals surface area contributed by atoms with Crippen LogP contribution in [0.4, 0.5) is 0 Å². The molecule has 4 aromatic rings. The van der Waals surface area contributed by atoms with Gasteiger partial charge in [-0.15, -0.1) is 15.3 Å². The zero-order valence-corrected chi connectivity index (χ0v) is 11.5. The van der Waals surface area contributed by atoms with Gasteiger partial charge in [0.25, 0.3) is 0 Å². The molecular weight excluding hydrogens is 324 g/mol. The average Bonchev–Trinajstić information content (AvgIpc) is 3.15. The van der Waals surface area contributed by atoms with Crippen molar-refractivity contribution in [1.29, 1.82) is 0 Å². The summed E-state index contributed by atoms with van der Waals surface area (Å²) in [6, 6.07) is 7.98. The lowest BCUT2D eigenvalue weighted by atomic mass is 10.0. The molecule has 98 valence electrons. The predicted molar refractivity (Wildman–Crippen MR) is 73.6 cm³/mol. The van der Waals surface area contributed by atoms with Crippen LogP contribution < -0.4 is 0 Å². The van der Waals surface area contributed by atoms with E-state index in [1.807, 2.05) is 30.5 Å². The summed E-state index contributed by atoms with van der Waals surface area (Å²) in [7, 11) is 0. The Bertz CT molecular complexity index is 858. The molecule has 20 heavy (non-hydrogen) atoms. The smallest absolute Gasteiger partial charge is 0.209 e. The maximum Gasteiger partial charge on any atom is 0.209 e. The molecule has 0 radical (unpaired) electrons. The lowest BCUT2D eigenvalue weighted by Crippen LogP contribution is -1.85. The van der Waals surface area contributed by atoms with Gasteiger partial charge in [0.1, 0.15) is 0 Å². The second-order valence-corrected chi connectivity index (χ2v) is 5.07. The molecule has 0 aliphatic rings. The maximum atomic E-state index is 4.06. The summed E-state index contributed by atoms with van der Waals surface area (Å²) in [4.78, 5) is 0. The molecule has 4 rings (SSSR count). The highest BCUT2D eigenvalue weighted by Gasteiger charge is 2.19. The number of aromatic amines is 2. The van der Waals surface area contributed by atoms with Crippen molar-refractivity contribution in [2.75, 3.05) is 0 Å². The van der Waals surface area contributed by atoms with E-state index in [4.69, 9.17) is 0 Å². The molecule has 0 fully saturated rings. The SMILES string of the molecule is Brc1ccc(-c2cn3[nH]nnc3c2-c2nn[nH]n2)cc1. The van der Waals surface area contributed by atoms with Crippen molar-refractivity contribution in [3.05, 3.63) is 34.9 Å². The van der Waals surface area contributed by atoms with Crippen molar-refractivity contribution in [2.45, 2.75) is 0 Å². The second kappa shape index (κ2) is 4.23. The summed E-state index contributed by atoms with van der Waals surface area (Å²) in [6.07, 6.45) is 1.91. The summed E-state index contributed by atoms with van der Waals surface area (Å²) in [5.41, 5.74) is 3.44. The van der Waals surface area contributed by atoms with Crippen molar-refractivity contribution in [2.24, 2.45) is 0 Å². The minimum atomic E-state index is 0.485. The first kappa shape index (κ1) is 11.3. The Morgan fingerprint density at radius 1 is 1.05 bits per heavy atom. The largest absolute Gasteiger partial charge is 0.225 e. The van der Waals surface area contributed by atoms with Crippen LogP contribution in [0.15, 0.2) is 34.9 Å². The van der Waals surface area contributed by atoms with Crippen LogP contribution in [0, 0.1) is 0 Å². The normalized spacial score (nSPS) is 11.2. The molecule has 1 aromatic carbocycles. The molecule has 3 heterocycles. The standard InChI is InChI=1S/C11H7BrN8/c12-7-3-1-6(2-4-7)8-5-20-11(15-18-19-20)9(8)10-13-16-17-14-10/h1-5H,(H,15,19)(H,13,14,16,17). The van der Waals surface area contributed by atoms with E-state index in [1.165, 1.54) is 0 Å². The van der Waals surface area contributed by atoms with Crippen LogP contribution in [0.5, 0.6) is 0 Å². The molecular formula is C11H7BrN8. The number of nitrogens with zero attached hydrogens (tertiary/aromatic N) is 6. The molecule has 0 amide bonds. The number of H-pyrrole nitrogens is 2. The quantitative estimate of drug-likeness (QED) is 0.582. The summed E-state index contributed by atoms with van der Waals surface area (Å²) < 4.78 is 2.75. The third-order valence-corrected chi connectivity index (χ3v) is 3.53. The average molecular weight is 331 g/mol. The minimum Gasteiger partial charge on any atom is -0.225 e. The van der Waals surface area contributed by atoms with Crippen LogP contribution in [0.1, 0.15) is 0 Å². The van der Waals surface area contributed by atoms with Crippen LogP contribution in [0.2, 0.25) is 0 Å². The summed E-state index contributed by atoms with van der Waals surface area (Å²) in [5, 5.41) is 24.8. The van der Waals surface area contributed by atoms with Gasteiger partial charge in [-0.2, -0.15) is 10.4 Å². The van der Waals surface area contributed by atoms with Crippen molar-refractivity contribution in [3.8, 4) is 22.5 Å². The highest BCUT2D eigenvalue weighted by Crippen LogP contribution is 2.34. The number of aromatic nitrogens is 8. The van der Waals surface area contributed by atoms with Crippen LogP contribution in [0.3, 0.4) is 0 Å². The maximum absolute atomic E-state index is 4.06. The molecule has 8 nitrogen and oxygen atoms in total. The fourth-order valence-electron chi connectivity index (χ4n) is 2.12. The van der Waals surface area contributed by atoms with E-state index in [1.54, 1.807) is 4.52 Å². The van der Waals surface area contributed by atoms with Gasteiger partial charge in [0.05, 0.1) is 5.56 Å². The highest BCUT2D eigenvalue weighted by molar-refractivity contribution is 9.10. The first-order valence-electron chi connectivity index (χ1n) is 5.75. The van der Waals surface area contributed by atoms with Crippen LogP contribution >= 0.6 is 15.9 Å². The molecule has 0 atom stereocenters. The predicted octanol–water partition coefficient (Wildman–Crippen LogP) is 1.67. The first-order chi connectivity index (χ1) is 9.83. The Hall–Kier alpha value is -2.55. The van der Waals surface area contributed by atoms with E-state index < -0.39 is 0 Å². The third-order valence-electron chi connectivity index (χ3n) is 3.00. The summed E-state index contributed by atoms with van der Waals surface area (Å²) in [5.74, 6) is 0.485. The molecule has 0 aliphatic carbocycles. The number of halogens is 1. The molecule has 9 heteroatoms. The Balaban J connectivity index is 2.01. The minimum absolute atomic E-state index is 0.485. The fraction of sp³-hybridized carbons (Fsp3) is 0. The van der Waals surface area contributed by atoms with Gasteiger partial charge in [-0.25, -0.2) is 4.52 Å². The van der Waals surface area contributed by atoms with Crippen molar-refractivity contribution < 1.29 is 0 Å². The summed E-state index contributed by atoms with van der Waals surface area (Å²) in [6.45, 7) is 0. The topological polar surface area (TPSA) is 100 Å². The number of tetrazole rings is 2. The number of nitrogens with one attached hydrogen (secondary N) is 2. The summed E-state index contributed by atoms with van der Waals surface area (Å²) >= 11 is 3.43. The number of fused-ring (bicyclic) bond motifs is 1. The van der Waals surface area contributed by atoms with Crippen LogP contribution in [0.25, 0.3) is 28.2 Å². The molecule has 3 aromatic heterocycles. The molecule has 0 unspecified atom stereocenters. The van der Waals surface area contributed by atoms with Gasteiger partial charge in [0.2, 0.25) is 5.82 Å². The third kappa shape index (κ3) is 1.63. The number of benzene rings is 1. The van der Waals surface area contributed by atoms with Gasteiger partial charge in [-0.05, 0) is 22.9 Å². The van der Waals surface area contributed by atoms with E-state index >= 15 is 0 Å². The molecule has 0 saturated heterocycles. The Labute approximate surface area is 120 Å². The molecule has 0 aliphatic heterocycles. The monoisotopic (exact) mass is 330 g/mol. The van der Waals surface area contributed by atoms with E-state index in [2.05, 4.69) is 52.1 Å². The van der Waals surface area contributed by atoms with Crippen molar-refractivity contribution in [1.82, 2.24) is 40.7 Å². The fourth-order valence-corrected chi connectivity index (χ4v) is 2.39. The van der Waals surface area contributed by atoms with Crippen molar-refractivity contribution >= 4 is 21.6 Å². The first-order valence-corrected chi connectivity index (χ1v) is 6.54. The number of hydrogen-bond donors (Lipinski definition) is 2. The van der Waals surface area contributed by atoms with E-state index in [0.29, 0.717) is 11.5 Å². The Morgan fingerprint density at radius 3 is 2.65 bits per heavy atom. The lowest BCUT2D eigenvalue weighted by Gasteiger charge is -2.00. The molecule has 0 bridgehead atoms. The molecule has 2 N–H and O–H groups in total. The van der Waals surface area contributed by atoms with Gasteiger partial charge < -0.3 is 0 Å². The second-order valence-electron chi connectivity index (χ2n) is 4.15. The van der Waals surface area contributed by atoms with Crippen LogP contribution in [-0.4, -0.2) is 40.7 Å². The van der Waals surface area contributed by atoms with Crippen LogP contribution in [-0.2, 0) is 0 Å². The van der Waals surface area contributed by atoms with Gasteiger partial charge in [0.15, 0.2) is 5.65 Å². The van der Waals surface area contributed by atoms with Gasteiger partial charge in [-0.3, -0.25) is 0 Å². The zero-order chi connectivity index (χ0) is 13.5. The van der Waals surface area contributed by atoms with E-state index in [-0.39, 0.29) is 0 Å².